The fraction of sp³-hybridized carbons (Fsp3) is 0.588. The second-order valence-corrected chi connectivity index (χ2v) is 5.08. The fourth-order valence-electron chi connectivity index (χ4n) is 1.91. The Morgan fingerprint density at radius 1 is 1.20 bits per heavy atom. The molecule has 0 saturated carbocycles. The fourth-order valence-corrected chi connectivity index (χ4v) is 1.91. The first-order chi connectivity index (χ1) is 12.0. The zero-order valence-electron chi connectivity index (χ0n) is 13.8. The molecule has 5 unspecified atom stereocenters. The quantitative estimate of drug-likeness (QED) is 0.329. The summed E-state index contributed by atoms with van der Waals surface area (Å²) in [5.74, 6) is 10.1. The molecule has 4 N–H and O–H groups in total. The number of hydrogen-bond acceptors (Lipinski definition) is 8. The van der Waals surface area contributed by atoms with Crippen molar-refractivity contribution in [2.75, 3.05) is 20.3 Å². The first-order valence-corrected chi connectivity index (χ1v) is 7.63. The van der Waals surface area contributed by atoms with E-state index in [4.69, 9.17) is 14.6 Å². The Bertz CT molecular complexity index is 563. The maximum absolute atomic E-state index is 10.8. The lowest BCUT2D eigenvalue weighted by molar-refractivity contribution is -0.298. The van der Waals surface area contributed by atoms with E-state index < -0.39 is 37.3 Å². The standard InChI is InChI=1S/C17H22O8/c1-23-13(19)9-7-5-3-2-4-6-8-10-24-17-16(22)15(21)14(20)12(11-18)25-17/h6,8,12,14-18,20-22H,7,9-11H2,1H3. The molecule has 1 aliphatic heterocycles. The van der Waals surface area contributed by atoms with Crippen molar-refractivity contribution < 1.29 is 39.4 Å². The first kappa shape index (κ1) is 21.1. The summed E-state index contributed by atoms with van der Waals surface area (Å²) in [5.41, 5.74) is 0. The van der Waals surface area contributed by atoms with Gasteiger partial charge in [-0.15, -0.1) is 0 Å². The van der Waals surface area contributed by atoms with E-state index in [9.17, 15) is 20.1 Å². The van der Waals surface area contributed by atoms with Gasteiger partial charge in [-0.05, 0) is 17.9 Å². The highest BCUT2D eigenvalue weighted by Crippen LogP contribution is 2.21. The van der Waals surface area contributed by atoms with Gasteiger partial charge < -0.3 is 34.6 Å². The topological polar surface area (TPSA) is 126 Å². The van der Waals surface area contributed by atoms with Crippen molar-refractivity contribution >= 4 is 5.97 Å². The molecule has 1 fully saturated rings. The average molecular weight is 354 g/mol. The van der Waals surface area contributed by atoms with E-state index in [2.05, 4.69) is 28.4 Å². The van der Waals surface area contributed by atoms with Crippen molar-refractivity contribution in [3.63, 3.8) is 0 Å². The molecule has 1 rings (SSSR count). The number of rotatable bonds is 6. The summed E-state index contributed by atoms with van der Waals surface area (Å²) >= 11 is 0. The van der Waals surface area contributed by atoms with Gasteiger partial charge in [0.05, 0.1) is 26.7 Å². The maximum Gasteiger partial charge on any atom is 0.306 e. The van der Waals surface area contributed by atoms with Crippen molar-refractivity contribution in [2.24, 2.45) is 0 Å². The minimum atomic E-state index is -1.47. The molecule has 0 amide bonds. The number of carbonyl (C=O) groups excluding carboxylic acids is 1. The molecular formula is C17H22O8. The van der Waals surface area contributed by atoms with Gasteiger partial charge in [0.2, 0.25) is 0 Å². The molecule has 1 aliphatic rings. The largest absolute Gasteiger partial charge is 0.469 e. The van der Waals surface area contributed by atoms with Gasteiger partial charge in [0.15, 0.2) is 6.29 Å². The van der Waals surface area contributed by atoms with Crippen molar-refractivity contribution in [1.29, 1.82) is 0 Å². The van der Waals surface area contributed by atoms with Crippen LogP contribution in [0.5, 0.6) is 0 Å². The molecule has 8 heteroatoms. The van der Waals surface area contributed by atoms with Crippen LogP contribution in [0.2, 0.25) is 0 Å². The van der Waals surface area contributed by atoms with Crippen LogP contribution in [-0.4, -0.2) is 77.4 Å². The Kier molecular flexibility index (Phi) is 9.81. The highest BCUT2D eigenvalue weighted by Gasteiger charge is 2.43. The first-order valence-electron chi connectivity index (χ1n) is 7.63. The monoisotopic (exact) mass is 354 g/mol. The van der Waals surface area contributed by atoms with Crippen LogP contribution in [0, 0.1) is 23.7 Å². The summed E-state index contributed by atoms with van der Waals surface area (Å²) in [7, 11) is 1.31. The Morgan fingerprint density at radius 2 is 1.96 bits per heavy atom. The van der Waals surface area contributed by atoms with Gasteiger partial charge in [0.1, 0.15) is 24.4 Å². The second kappa shape index (κ2) is 11.6. The molecule has 1 heterocycles. The molecule has 0 aliphatic carbocycles. The third-order valence-corrected chi connectivity index (χ3v) is 3.31. The summed E-state index contributed by atoms with van der Waals surface area (Å²) in [6.07, 6.45) is -2.89. The molecule has 0 aromatic rings. The third-order valence-electron chi connectivity index (χ3n) is 3.31. The molecular weight excluding hydrogens is 332 g/mol. The molecule has 8 nitrogen and oxygen atoms in total. The summed E-state index contributed by atoms with van der Waals surface area (Å²) < 4.78 is 14.9. The highest BCUT2D eigenvalue weighted by molar-refractivity contribution is 5.69. The molecule has 25 heavy (non-hydrogen) atoms. The van der Waals surface area contributed by atoms with Crippen molar-refractivity contribution in [3.05, 3.63) is 12.2 Å². The van der Waals surface area contributed by atoms with Crippen LogP contribution >= 0.6 is 0 Å². The molecule has 0 bridgehead atoms. The SMILES string of the molecule is COC(=O)CCC#CC#CC=CCOC1OC(CO)C(O)C(O)C1O. The maximum atomic E-state index is 10.8. The minimum Gasteiger partial charge on any atom is -0.469 e. The van der Waals surface area contributed by atoms with Gasteiger partial charge in [0, 0.05) is 6.42 Å². The number of methoxy groups -OCH3 is 1. The van der Waals surface area contributed by atoms with Gasteiger partial charge in [-0.1, -0.05) is 17.9 Å². The van der Waals surface area contributed by atoms with E-state index in [-0.39, 0.29) is 19.0 Å². The lowest BCUT2D eigenvalue weighted by Gasteiger charge is -2.39. The highest BCUT2D eigenvalue weighted by atomic mass is 16.7. The number of aliphatic hydroxyl groups is 4. The number of carbonyl (C=O) groups is 1. The number of ether oxygens (including phenoxy) is 3. The van der Waals surface area contributed by atoms with Crippen LogP contribution in [0.4, 0.5) is 0 Å². The summed E-state index contributed by atoms with van der Waals surface area (Å²) in [5, 5.41) is 38.0. The lowest BCUT2D eigenvalue weighted by atomic mass is 9.99. The summed E-state index contributed by atoms with van der Waals surface area (Å²) in [4.78, 5) is 10.8. The summed E-state index contributed by atoms with van der Waals surface area (Å²) in [6, 6.07) is 0. The number of hydrogen-bond donors (Lipinski definition) is 4. The Labute approximate surface area is 146 Å². The van der Waals surface area contributed by atoms with Crippen LogP contribution in [0.1, 0.15) is 12.8 Å². The lowest BCUT2D eigenvalue weighted by Crippen LogP contribution is -2.59. The molecule has 5 atom stereocenters. The van der Waals surface area contributed by atoms with Gasteiger partial charge in [0.25, 0.3) is 0 Å². The second-order valence-electron chi connectivity index (χ2n) is 5.08. The number of allylic oxidation sites excluding steroid dienone is 1. The zero-order valence-corrected chi connectivity index (χ0v) is 13.8. The van der Waals surface area contributed by atoms with Crippen LogP contribution in [0.3, 0.4) is 0 Å². The van der Waals surface area contributed by atoms with E-state index in [1.807, 2.05) is 0 Å². The molecule has 0 aromatic heterocycles. The van der Waals surface area contributed by atoms with Crippen LogP contribution in [-0.2, 0) is 19.0 Å². The van der Waals surface area contributed by atoms with Crippen LogP contribution < -0.4 is 0 Å². The van der Waals surface area contributed by atoms with Crippen LogP contribution in [0.15, 0.2) is 12.2 Å². The predicted octanol–water partition coefficient (Wildman–Crippen LogP) is -1.68. The van der Waals surface area contributed by atoms with Crippen LogP contribution in [0.25, 0.3) is 0 Å². The van der Waals surface area contributed by atoms with Gasteiger partial charge in [-0.3, -0.25) is 4.79 Å². The van der Waals surface area contributed by atoms with Crippen molar-refractivity contribution in [1.82, 2.24) is 0 Å². The van der Waals surface area contributed by atoms with Gasteiger partial charge in [-0.25, -0.2) is 0 Å². The smallest absolute Gasteiger partial charge is 0.306 e. The molecule has 1 saturated heterocycles. The average Bonchev–Trinajstić information content (AvgIpc) is 2.62. The Hall–Kier alpha value is -1.91. The van der Waals surface area contributed by atoms with Gasteiger partial charge in [-0.2, -0.15) is 0 Å². The van der Waals surface area contributed by atoms with E-state index in [0.29, 0.717) is 6.42 Å². The molecule has 0 spiro atoms. The predicted molar refractivity (Wildman–Crippen MR) is 85.7 cm³/mol. The molecule has 0 radical (unpaired) electrons. The van der Waals surface area contributed by atoms with E-state index in [1.165, 1.54) is 13.2 Å². The van der Waals surface area contributed by atoms with Crippen molar-refractivity contribution in [2.45, 2.75) is 43.5 Å². The Morgan fingerprint density at radius 3 is 2.64 bits per heavy atom. The number of esters is 1. The third kappa shape index (κ3) is 7.24. The van der Waals surface area contributed by atoms with Crippen molar-refractivity contribution in [3.8, 4) is 23.7 Å². The van der Waals surface area contributed by atoms with E-state index in [0.717, 1.165) is 0 Å². The van der Waals surface area contributed by atoms with E-state index >= 15 is 0 Å². The van der Waals surface area contributed by atoms with E-state index in [1.54, 1.807) is 6.08 Å². The zero-order chi connectivity index (χ0) is 18.7. The normalized spacial score (nSPS) is 28.6. The summed E-state index contributed by atoms with van der Waals surface area (Å²) in [6.45, 7) is -0.478. The minimum absolute atomic E-state index is 0.0349. The Balaban J connectivity index is 2.33. The number of aliphatic hydroxyl groups excluding tert-OH is 4. The molecule has 0 aromatic carbocycles. The van der Waals surface area contributed by atoms with Gasteiger partial charge >= 0.3 is 5.97 Å². The molecule has 138 valence electrons.